The number of amides is 2. The Labute approximate surface area is 151 Å². The maximum absolute atomic E-state index is 12.0. The molecule has 2 aromatic rings. The second-order valence-corrected chi connectivity index (χ2v) is 5.84. The third kappa shape index (κ3) is 4.93. The van der Waals surface area contributed by atoms with Crippen LogP contribution in [0.15, 0.2) is 47.5 Å². The Balaban J connectivity index is 1.99. The van der Waals surface area contributed by atoms with Crippen LogP contribution < -0.4 is 20.8 Å². The maximum Gasteiger partial charge on any atom is 0.313 e. The Morgan fingerprint density at radius 1 is 1.15 bits per heavy atom. The van der Waals surface area contributed by atoms with E-state index in [-0.39, 0.29) is 23.7 Å². The van der Waals surface area contributed by atoms with Crippen molar-refractivity contribution in [2.75, 3.05) is 33.1 Å². The lowest BCUT2D eigenvalue weighted by atomic mass is 10.1. The van der Waals surface area contributed by atoms with Gasteiger partial charge >= 0.3 is 11.8 Å². The fourth-order valence-electron chi connectivity index (χ4n) is 2.39. The number of aromatic amines is 1. The van der Waals surface area contributed by atoms with Gasteiger partial charge in [0, 0.05) is 25.0 Å². The van der Waals surface area contributed by atoms with Gasteiger partial charge in [-0.3, -0.25) is 14.4 Å². The fraction of sp³-hybridized carbons (Fsp3) is 0.278. The highest BCUT2D eigenvalue weighted by atomic mass is 16.5. The number of pyridine rings is 1. The number of H-pyrrole nitrogens is 1. The van der Waals surface area contributed by atoms with E-state index in [0.29, 0.717) is 0 Å². The van der Waals surface area contributed by atoms with Gasteiger partial charge < -0.3 is 25.3 Å². The second kappa shape index (κ2) is 8.82. The number of ether oxygens (including phenoxy) is 1. The molecule has 2 amide bonds. The van der Waals surface area contributed by atoms with Gasteiger partial charge in [0.1, 0.15) is 11.4 Å². The van der Waals surface area contributed by atoms with Gasteiger partial charge in [-0.2, -0.15) is 0 Å². The van der Waals surface area contributed by atoms with Crippen LogP contribution in [-0.4, -0.2) is 49.4 Å². The first-order valence-electron chi connectivity index (χ1n) is 7.99. The highest BCUT2D eigenvalue weighted by Gasteiger charge is 2.19. The Kier molecular flexibility index (Phi) is 6.51. The van der Waals surface area contributed by atoms with Crippen molar-refractivity contribution < 1.29 is 14.3 Å². The molecule has 8 nitrogen and oxygen atoms in total. The summed E-state index contributed by atoms with van der Waals surface area (Å²) in [5.41, 5.74) is 0.609. The molecule has 0 aliphatic heterocycles. The maximum atomic E-state index is 12.0. The molecule has 0 aliphatic rings. The average molecular weight is 358 g/mol. The lowest BCUT2D eigenvalue weighted by Gasteiger charge is -2.25. The van der Waals surface area contributed by atoms with Gasteiger partial charge in [-0.05, 0) is 31.8 Å². The van der Waals surface area contributed by atoms with Crippen molar-refractivity contribution in [3.05, 3.63) is 58.5 Å². The van der Waals surface area contributed by atoms with Crippen LogP contribution in [0.4, 0.5) is 5.69 Å². The molecule has 0 aliphatic carbocycles. The molecule has 0 saturated carbocycles. The molecular formula is C18H22N4O4. The average Bonchev–Trinajstić information content (AvgIpc) is 2.63. The minimum absolute atomic E-state index is 0.0203. The lowest BCUT2D eigenvalue weighted by Crippen LogP contribution is -2.40. The standard InChI is InChI=1S/C18H22N4O4/c1-22(2)15(12-4-6-13(26-3)7-5-12)11-20-17(24)18(25)21-14-10-19-9-8-16(14)23/h4-10,15H,11H2,1-3H3,(H,19,23)(H,20,24)(H,21,25). The minimum atomic E-state index is -0.895. The van der Waals surface area contributed by atoms with Gasteiger partial charge in [-0.15, -0.1) is 0 Å². The van der Waals surface area contributed by atoms with Crippen molar-refractivity contribution in [2.24, 2.45) is 0 Å². The number of carbonyl (C=O) groups excluding carboxylic acids is 2. The first-order chi connectivity index (χ1) is 12.4. The van der Waals surface area contributed by atoms with E-state index < -0.39 is 11.8 Å². The van der Waals surface area contributed by atoms with Gasteiger partial charge in [0.15, 0.2) is 0 Å². The predicted molar refractivity (Wildman–Crippen MR) is 98.1 cm³/mol. The molecule has 0 radical (unpaired) electrons. The molecule has 1 unspecified atom stereocenters. The highest BCUT2D eigenvalue weighted by molar-refractivity contribution is 6.39. The molecule has 2 rings (SSSR count). The molecule has 1 aromatic heterocycles. The number of methoxy groups -OCH3 is 1. The molecule has 3 N–H and O–H groups in total. The monoisotopic (exact) mass is 358 g/mol. The van der Waals surface area contributed by atoms with Crippen molar-refractivity contribution in [2.45, 2.75) is 6.04 Å². The smallest absolute Gasteiger partial charge is 0.313 e. The fourth-order valence-corrected chi connectivity index (χ4v) is 2.39. The van der Waals surface area contributed by atoms with E-state index in [2.05, 4.69) is 15.6 Å². The quantitative estimate of drug-likeness (QED) is 0.661. The second-order valence-electron chi connectivity index (χ2n) is 5.84. The molecule has 138 valence electrons. The van der Waals surface area contributed by atoms with E-state index >= 15 is 0 Å². The summed E-state index contributed by atoms with van der Waals surface area (Å²) in [5, 5.41) is 4.89. The molecule has 26 heavy (non-hydrogen) atoms. The van der Waals surface area contributed by atoms with Crippen molar-refractivity contribution in [3.8, 4) is 5.75 Å². The number of rotatable bonds is 6. The van der Waals surface area contributed by atoms with Crippen LogP contribution in [0.2, 0.25) is 0 Å². The zero-order valence-electron chi connectivity index (χ0n) is 14.9. The van der Waals surface area contributed by atoms with E-state index in [1.165, 1.54) is 18.5 Å². The van der Waals surface area contributed by atoms with Crippen LogP contribution in [0.1, 0.15) is 11.6 Å². The number of anilines is 1. The molecule has 0 fully saturated rings. The molecule has 8 heteroatoms. The summed E-state index contributed by atoms with van der Waals surface area (Å²) in [4.78, 5) is 40.2. The van der Waals surface area contributed by atoms with Crippen molar-refractivity contribution in [1.82, 2.24) is 15.2 Å². The van der Waals surface area contributed by atoms with E-state index in [9.17, 15) is 14.4 Å². The molecule has 1 atom stereocenters. The summed E-state index contributed by atoms with van der Waals surface area (Å²) >= 11 is 0. The number of nitrogens with one attached hydrogen (secondary N) is 3. The summed E-state index contributed by atoms with van der Waals surface area (Å²) < 4.78 is 5.14. The molecule has 1 heterocycles. The highest BCUT2D eigenvalue weighted by Crippen LogP contribution is 2.20. The van der Waals surface area contributed by atoms with Gasteiger partial charge in [0.25, 0.3) is 0 Å². The normalized spacial score (nSPS) is 11.7. The zero-order valence-corrected chi connectivity index (χ0v) is 14.9. The number of likely N-dealkylation sites (N-methyl/N-ethyl adjacent to an activating group) is 1. The SMILES string of the molecule is COc1ccc(C(CNC(=O)C(=O)Nc2c[nH]ccc2=O)N(C)C)cc1. The zero-order chi connectivity index (χ0) is 19.1. The van der Waals surface area contributed by atoms with Crippen molar-refractivity contribution in [1.29, 1.82) is 0 Å². The van der Waals surface area contributed by atoms with Gasteiger partial charge in [-0.1, -0.05) is 12.1 Å². The van der Waals surface area contributed by atoms with Crippen LogP contribution in [0.3, 0.4) is 0 Å². The Hall–Kier alpha value is -3.13. The molecule has 0 spiro atoms. The molecular weight excluding hydrogens is 336 g/mol. The number of benzene rings is 1. The Morgan fingerprint density at radius 3 is 2.42 bits per heavy atom. The summed E-state index contributed by atoms with van der Waals surface area (Å²) in [6, 6.07) is 8.61. The van der Waals surface area contributed by atoms with E-state index in [1.54, 1.807) is 7.11 Å². The first-order valence-corrected chi connectivity index (χ1v) is 7.99. The van der Waals surface area contributed by atoms with Crippen LogP contribution in [0, 0.1) is 0 Å². The largest absolute Gasteiger partial charge is 0.497 e. The molecule has 0 bridgehead atoms. The summed E-state index contributed by atoms with van der Waals surface area (Å²) in [5.74, 6) is -0.967. The van der Waals surface area contributed by atoms with Crippen molar-refractivity contribution in [3.63, 3.8) is 0 Å². The lowest BCUT2D eigenvalue weighted by molar-refractivity contribution is -0.136. The Bertz CT molecular complexity index is 814. The van der Waals surface area contributed by atoms with Crippen LogP contribution in [0.5, 0.6) is 5.75 Å². The van der Waals surface area contributed by atoms with E-state index in [1.807, 2.05) is 43.3 Å². The third-order valence-electron chi connectivity index (χ3n) is 3.86. The molecule has 1 aromatic carbocycles. The number of aromatic nitrogens is 1. The van der Waals surface area contributed by atoms with Crippen molar-refractivity contribution >= 4 is 17.5 Å². The van der Waals surface area contributed by atoms with Gasteiger partial charge in [0.2, 0.25) is 5.43 Å². The summed E-state index contributed by atoms with van der Waals surface area (Å²) in [6.45, 7) is 0.233. The predicted octanol–water partition coefficient (Wildman–Crippen LogP) is 0.741. The molecule has 0 saturated heterocycles. The van der Waals surface area contributed by atoms with E-state index in [0.717, 1.165) is 11.3 Å². The third-order valence-corrected chi connectivity index (χ3v) is 3.86. The summed E-state index contributed by atoms with van der Waals surface area (Å²) in [6.07, 6.45) is 2.77. The number of nitrogens with zero attached hydrogens (tertiary/aromatic N) is 1. The number of hydrogen-bond acceptors (Lipinski definition) is 5. The number of hydrogen-bond donors (Lipinski definition) is 3. The van der Waals surface area contributed by atoms with Crippen LogP contribution in [0.25, 0.3) is 0 Å². The van der Waals surface area contributed by atoms with Crippen LogP contribution >= 0.6 is 0 Å². The summed E-state index contributed by atoms with van der Waals surface area (Å²) in [7, 11) is 5.35. The first kappa shape index (κ1) is 19.2. The Morgan fingerprint density at radius 2 is 1.85 bits per heavy atom. The van der Waals surface area contributed by atoms with Crippen LogP contribution in [-0.2, 0) is 9.59 Å². The topological polar surface area (TPSA) is 104 Å². The van der Waals surface area contributed by atoms with Gasteiger partial charge in [-0.25, -0.2) is 0 Å². The minimum Gasteiger partial charge on any atom is -0.497 e. The number of carbonyl (C=O) groups is 2. The van der Waals surface area contributed by atoms with E-state index in [4.69, 9.17) is 4.74 Å². The van der Waals surface area contributed by atoms with Gasteiger partial charge in [0.05, 0.1) is 13.2 Å².